The predicted octanol–water partition coefficient (Wildman–Crippen LogP) is 0.339. The SMILES string of the molecule is CN(CC(=O)[O-])C(=O)c1ccc(/C=C2\SC(=S)N(C)C2=O)cc1. The van der Waals surface area contributed by atoms with Gasteiger partial charge in [0, 0.05) is 19.7 Å². The van der Waals surface area contributed by atoms with Crippen molar-refractivity contribution in [3.63, 3.8) is 0 Å². The van der Waals surface area contributed by atoms with Crippen LogP contribution in [0.1, 0.15) is 15.9 Å². The third kappa shape index (κ3) is 3.96. The van der Waals surface area contributed by atoms with Gasteiger partial charge >= 0.3 is 0 Å². The normalized spacial score (nSPS) is 16.1. The van der Waals surface area contributed by atoms with Crippen LogP contribution >= 0.6 is 24.0 Å². The topological polar surface area (TPSA) is 80.8 Å². The van der Waals surface area contributed by atoms with Crippen molar-refractivity contribution in [2.75, 3.05) is 20.6 Å². The average Bonchev–Trinajstić information content (AvgIpc) is 2.74. The number of carbonyl (C=O) groups excluding carboxylic acids is 3. The van der Waals surface area contributed by atoms with Crippen LogP contribution in [0.25, 0.3) is 6.08 Å². The van der Waals surface area contributed by atoms with Crippen LogP contribution in [0.15, 0.2) is 29.2 Å². The van der Waals surface area contributed by atoms with Gasteiger partial charge in [-0.05, 0) is 23.8 Å². The van der Waals surface area contributed by atoms with Crippen molar-refractivity contribution in [1.29, 1.82) is 0 Å². The van der Waals surface area contributed by atoms with Gasteiger partial charge < -0.3 is 14.8 Å². The Kier molecular flexibility index (Phi) is 5.17. The summed E-state index contributed by atoms with van der Waals surface area (Å²) in [5, 5.41) is 10.5. The lowest BCUT2D eigenvalue weighted by molar-refractivity contribution is -0.305. The van der Waals surface area contributed by atoms with Crippen molar-refractivity contribution in [1.82, 2.24) is 9.80 Å². The van der Waals surface area contributed by atoms with Crippen molar-refractivity contribution in [3.8, 4) is 0 Å². The third-order valence-electron chi connectivity index (χ3n) is 3.15. The molecule has 0 atom stereocenters. The zero-order valence-corrected chi connectivity index (χ0v) is 14.1. The van der Waals surface area contributed by atoms with Crippen LogP contribution in [0.5, 0.6) is 0 Å². The van der Waals surface area contributed by atoms with Crippen LogP contribution in [-0.2, 0) is 9.59 Å². The summed E-state index contributed by atoms with van der Waals surface area (Å²) < 4.78 is 0.497. The molecule has 1 aliphatic heterocycles. The Labute approximate surface area is 142 Å². The highest BCUT2D eigenvalue weighted by atomic mass is 32.2. The lowest BCUT2D eigenvalue weighted by Gasteiger charge is -2.17. The summed E-state index contributed by atoms with van der Waals surface area (Å²) in [5.74, 6) is -1.89. The second-order valence-corrected chi connectivity index (χ2v) is 6.57. The number of aliphatic carboxylic acids is 1. The minimum Gasteiger partial charge on any atom is -0.548 e. The second-order valence-electron chi connectivity index (χ2n) is 4.90. The van der Waals surface area contributed by atoms with Crippen molar-refractivity contribution in [2.24, 2.45) is 0 Å². The molecule has 0 N–H and O–H groups in total. The summed E-state index contributed by atoms with van der Waals surface area (Å²) >= 11 is 6.27. The minimum absolute atomic E-state index is 0.158. The molecule has 120 valence electrons. The van der Waals surface area contributed by atoms with Gasteiger partial charge in [0.25, 0.3) is 11.8 Å². The largest absolute Gasteiger partial charge is 0.548 e. The fraction of sp³-hybridized carbons (Fsp3) is 0.200. The van der Waals surface area contributed by atoms with Gasteiger partial charge in [-0.15, -0.1) is 0 Å². The molecule has 8 heteroatoms. The zero-order valence-electron chi connectivity index (χ0n) is 12.4. The number of thiocarbonyl (C=S) groups is 1. The summed E-state index contributed by atoms with van der Waals surface area (Å²) in [6.45, 7) is -0.473. The quantitative estimate of drug-likeness (QED) is 0.576. The van der Waals surface area contributed by atoms with Gasteiger partial charge in [-0.1, -0.05) is 36.1 Å². The van der Waals surface area contributed by atoms with Gasteiger partial charge in [-0.25, -0.2) is 0 Å². The average molecular weight is 349 g/mol. The maximum Gasteiger partial charge on any atom is 0.265 e. The lowest BCUT2D eigenvalue weighted by Crippen LogP contribution is -2.39. The fourth-order valence-electron chi connectivity index (χ4n) is 1.90. The summed E-state index contributed by atoms with van der Waals surface area (Å²) in [7, 11) is 3.01. The van der Waals surface area contributed by atoms with Crippen molar-refractivity contribution >= 4 is 52.2 Å². The molecule has 1 heterocycles. The number of nitrogens with zero attached hydrogens (tertiary/aromatic N) is 2. The number of benzene rings is 1. The highest BCUT2D eigenvalue weighted by Gasteiger charge is 2.28. The molecule has 0 bridgehead atoms. The molecule has 1 saturated heterocycles. The summed E-state index contributed by atoms with van der Waals surface area (Å²) in [5.41, 5.74) is 1.10. The van der Waals surface area contributed by atoms with Crippen LogP contribution in [0, 0.1) is 0 Å². The van der Waals surface area contributed by atoms with Crippen molar-refractivity contribution < 1.29 is 19.5 Å². The molecule has 0 aliphatic carbocycles. The van der Waals surface area contributed by atoms with E-state index in [0.717, 1.165) is 10.5 Å². The van der Waals surface area contributed by atoms with E-state index >= 15 is 0 Å². The van der Waals surface area contributed by atoms with E-state index in [-0.39, 0.29) is 5.91 Å². The number of amides is 2. The first-order valence-corrected chi connectivity index (χ1v) is 7.79. The number of likely N-dealkylation sites (N-methyl/N-ethyl adjacent to an activating group) is 2. The molecule has 1 aromatic carbocycles. The van der Waals surface area contributed by atoms with E-state index in [0.29, 0.717) is 14.8 Å². The molecule has 1 fully saturated rings. The molecule has 2 rings (SSSR count). The Hall–Kier alpha value is -2.19. The minimum atomic E-state index is -1.32. The fourth-order valence-corrected chi connectivity index (χ4v) is 3.08. The summed E-state index contributed by atoms with van der Waals surface area (Å²) in [6.07, 6.45) is 1.70. The standard InChI is InChI=1S/C15H14N2O4S2/c1-16(8-12(18)19)13(20)10-5-3-9(4-6-10)7-11-14(21)17(2)15(22)23-11/h3-7H,8H2,1-2H3,(H,18,19)/p-1/b11-7-. The molecule has 0 unspecified atom stereocenters. The number of hydrogen-bond acceptors (Lipinski definition) is 6. The molecule has 1 aliphatic rings. The van der Waals surface area contributed by atoms with E-state index in [4.69, 9.17) is 12.2 Å². The first-order chi connectivity index (χ1) is 10.8. The summed E-state index contributed by atoms with van der Waals surface area (Å²) in [4.78, 5) is 37.4. The van der Waals surface area contributed by atoms with E-state index < -0.39 is 18.4 Å². The van der Waals surface area contributed by atoms with Gasteiger partial charge in [0.2, 0.25) is 0 Å². The summed E-state index contributed by atoms with van der Waals surface area (Å²) in [6, 6.07) is 6.52. The van der Waals surface area contributed by atoms with Crippen LogP contribution < -0.4 is 5.11 Å². The number of hydrogen-bond donors (Lipinski definition) is 0. The Bertz CT molecular complexity index is 713. The molecule has 0 aromatic heterocycles. The molecular formula is C15H13N2O4S2-. The predicted molar refractivity (Wildman–Crippen MR) is 89.3 cm³/mol. The van der Waals surface area contributed by atoms with E-state index in [1.54, 1.807) is 37.4 Å². The van der Waals surface area contributed by atoms with Crippen molar-refractivity contribution in [3.05, 3.63) is 40.3 Å². The van der Waals surface area contributed by atoms with Crippen LogP contribution in [0.4, 0.5) is 0 Å². The third-order valence-corrected chi connectivity index (χ3v) is 4.64. The number of rotatable bonds is 4. The maximum absolute atomic E-state index is 12.0. The molecule has 2 amide bonds. The number of carboxylic acids is 1. The van der Waals surface area contributed by atoms with Gasteiger partial charge in [0.15, 0.2) is 0 Å². The molecule has 6 nitrogen and oxygen atoms in total. The van der Waals surface area contributed by atoms with Gasteiger partial charge in [-0.2, -0.15) is 0 Å². The lowest BCUT2D eigenvalue weighted by atomic mass is 10.1. The molecular weight excluding hydrogens is 336 g/mol. The first-order valence-electron chi connectivity index (χ1n) is 6.56. The van der Waals surface area contributed by atoms with Gasteiger partial charge in [-0.3, -0.25) is 14.5 Å². The number of carbonyl (C=O) groups is 3. The molecule has 23 heavy (non-hydrogen) atoms. The molecule has 0 radical (unpaired) electrons. The maximum atomic E-state index is 12.0. The Balaban J connectivity index is 2.14. The van der Waals surface area contributed by atoms with Gasteiger partial charge in [0.05, 0.1) is 17.4 Å². The molecule has 0 spiro atoms. The number of carboxylic acid groups (broad SMARTS) is 1. The van der Waals surface area contributed by atoms with E-state index in [9.17, 15) is 19.5 Å². The zero-order chi connectivity index (χ0) is 17.1. The van der Waals surface area contributed by atoms with E-state index in [1.165, 1.54) is 23.7 Å². The van der Waals surface area contributed by atoms with Crippen LogP contribution in [0.2, 0.25) is 0 Å². The van der Waals surface area contributed by atoms with Gasteiger partial charge in [0.1, 0.15) is 4.32 Å². The highest BCUT2D eigenvalue weighted by molar-refractivity contribution is 8.26. The number of thioether (sulfide) groups is 1. The van der Waals surface area contributed by atoms with Crippen LogP contribution in [-0.4, -0.2) is 52.5 Å². The van der Waals surface area contributed by atoms with E-state index in [2.05, 4.69) is 0 Å². The van der Waals surface area contributed by atoms with E-state index in [1.807, 2.05) is 0 Å². The first kappa shape index (κ1) is 17.2. The monoisotopic (exact) mass is 349 g/mol. The smallest absolute Gasteiger partial charge is 0.265 e. The Morgan fingerprint density at radius 2 is 1.96 bits per heavy atom. The van der Waals surface area contributed by atoms with Crippen molar-refractivity contribution in [2.45, 2.75) is 0 Å². The second kappa shape index (κ2) is 6.93. The van der Waals surface area contributed by atoms with Crippen LogP contribution in [0.3, 0.4) is 0 Å². The molecule has 0 saturated carbocycles. The molecule has 1 aromatic rings. The Morgan fingerprint density at radius 1 is 1.35 bits per heavy atom. The highest BCUT2D eigenvalue weighted by Crippen LogP contribution is 2.31. The Morgan fingerprint density at radius 3 is 2.43 bits per heavy atom.